The molecule has 2 aliphatic rings. The maximum absolute atomic E-state index is 6.53. The van der Waals surface area contributed by atoms with E-state index in [1.807, 2.05) is 12.1 Å². The molecule has 12 rings (SSSR count). The lowest BCUT2D eigenvalue weighted by Gasteiger charge is -2.25. The molecule has 0 fully saturated rings. The first kappa shape index (κ1) is 31.2. The summed E-state index contributed by atoms with van der Waals surface area (Å²) in [7, 11) is 0. The first-order valence-corrected chi connectivity index (χ1v) is 19.4. The van der Waals surface area contributed by atoms with Crippen molar-refractivity contribution in [3.8, 4) is 39.1 Å². The first-order chi connectivity index (χ1) is 27.8. The second-order valence-electron chi connectivity index (χ2n) is 15.1. The van der Waals surface area contributed by atoms with Crippen molar-refractivity contribution in [1.82, 2.24) is 0 Å². The van der Waals surface area contributed by atoms with Crippen molar-refractivity contribution in [3.63, 3.8) is 0 Å². The molecule has 2 nitrogen and oxygen atoms in total. The van der Waals surface area contributed by atoms with Gasteiger partial charge in [0.2, 0.25) is 0 Å². The number of rotatable bonds is 4. The van der Waals surface area contributed by atoms with Crippen LogP contribution in [0.25, 0.3) is 87.6 Å². The highest BCUT2D eigenvalue weighted by Crippen LogP contribution is 2.52. The Bertz CT molecular complexity index is 3230. The first-order valence-electron chi connectivity index (χ1n) is 19.4. The molecule has 10 aromatic rings. The van der Waals surface area contributed by atoms with Gasteiger partial charge in [0.15, 0.2) is 0 Å². The van der Waals surface area contributed by atoms with Gasteiger partial charge in [-0.05, 0) is 102 Å². The van der Waals surface area contributed by atoms with Gasteiger partial charge < -0.3 is 9.15 Å². The smallest absolute Gasteiger partial charge is 0.136 e. The van der Waals surface area contributed by atoms with Crippen LogP contribution in [0.1, 0.15) is 23.0 Å². The Kier molecular flexibility index (Phi) is 6.79. The van der Waals surface area contributed by atoms with Crippen LogP contribution in [0.15, 0.2) is 204 Å². The van der Waals surface area contributed by atoms with Crippen molar-refractivity contribution in [2.24, 2.45) is 0 Å². The Morgan fingerprint density at radius 3 is 1.80 bits per heavy atom. The van der Waals surface area contributed by atoms with Crippen molar-refractivity contribution < 1.29 is 9.15 Å². The highest BCUT2D eigenvalue weighted by atomic mass is 16.5. The predicted octanol–water partition coefficient (Wildman–Crippen LogP) is 14.8. The number of hydrogen-bond donors (Lipinski definition) is 0. The number of benzene rings is 9. The van der Waals surface area contributed by atoms with Gasteiger partial charge in [-0.1, -0.05) is 164 Å². The molecule has 0 N–H and O–H groups in total. The van der Waals surface area contributed by atoms with Gasteiger partial charge in [-0.25, -0.2) is 0 Å². The molecule has 0 spiro atoms. The fourth-order valence-electron chi connectivity index (χ4n) is 9.59. The molecule has 0 saturated carbocycles. The Morgan fingerprint density at radius 2 is 1.05 bits per heavy atom. The predicted molar refractivity (Wildman–Crippen MR) is 232 cm³/mol. The Balaban J connectivity index is 0.986. The van der Waals surface area contributed by atoms with Crippen LogP contribution in [0.5, 0.6) is 5.75 Å². The molecule has 1 aliphatic carbocycles. The summed E-state index contributed by atoms with van der Waals surface area (Å²) in [6, 6.07) is 63.9. The summed E-state index contributed by atoms with van der Waals surface area (Å²) in [5, 5.41) is 9.74. The normalized spacial score (nSPS) is 16.0. The second-order valence-corrected chi connectivity index (χ2v) is 15.1. The molecule has 56 heavy (non-hydrogen) atoms. The van der Waals surface area contributed by atoms with Gasteiger partial charge in [0.1, 0.15) is 22.7 Å². The van der Waals surface area contributed by atoms with Crippen LogP contribution in [0.2, 0.25) is 0 Å². The molecular weight excluding hydrogens is 681 g/mol. The van der Waals surface area contributed by atoms with Crippen LogP contribution in [-0.2, 0) is 0 Å². The molecule has 0 saturated heterocycles. The van der Waals surface area contributed by atoms with Gasteiger partial charge >= 0.3 is 0 Å². The largest absolute Gasteiger partial charge is 0.461 e. The molecule has 0 radical (unpaired) electrons. The van der Waals surface area contributed by atoms with E-state index in [-0.39, 0.29) is 11.8 Å². The molecule has 1 aromatic heterocycles. The summed E-state index contributed by atoms with van der Waals surface area (Å²) < 4.78 is 12.8. The van der Waals surface area contributed by atoms with Gasteiger partial charge in [-0.2, -0.15) is 0 Å². The maximum atomic E-state index is 6.53. The van der Waals surface area contributed by atoms with Crippen LogP contribution in [0.4, 0.5) is 0 Å². The van der Waals surface area contributed by atoms with E-state index in [0.29, 0.717) is 0 Å². The van der Waals surface area contributed by atoms with Gasteiger partial charge in [0.05, 0.1) is 5.92 Å². The zero-order valence-electron chi connectivity index (χ0n) is 30.4. The van der Waals surface area contributed by atoms with Crippen LogP contribution < -0.4 is 4.74 Å². The third-order valence-corrected chi connectivity index (χ3v) is 12.1. The molecule has 0 bridgehead atoms. The lowest BCUT2D eigenvalue weighted by atomic mass is 9.77. The van der Waals surface area contributed by atoms with E-state index >= 15 is 0 Å². The number of furan rings is 1. The Hall–Kier alpha value is -7.16. The fourth-order valence-corrected chi connectivity index (χ4v) is 9.59. The lowest BCUT2D eigenvalue weighted by molar-refractivity contribution is 0.417. The third-order valence-electron chi connectivity index (χ3n) is 12.1. The third kappa shape index (κ3) is 4.69. The number of ether oxygens (including phenoxy) is 1. The fraction of sp³-hybridized carbons (Fsp3) is 0.0370. The minimum atomic E-state index is 0.132. The van der Waals surface area contributed by atoms with Crippen LogP contribution in [-0.4, -0.2) is 0 Å². The molecule has 2 atom stereocenters. The van der Waals surface area contributed by atoms with E-state index in [9.17, 15) is 0 Å². The topological polar surface area (TPSA) is 22.4 Å². The van der Waals surface area contributed by atoms with Crippen LogP contribution >= 0.6 is 0 Å². The maximum Gasteiger partial charge on any atom is 0.136 e. The zero-order chi connectivity index (χ0) is 36.7. The average Bonchev–Trinajstić information content (AvgIpc) is 3.83. The van der Waals surface area contributed by atoms with Gasteiger partial charge in [0.25, 0.3) is 0 Å². The van der Waals surface area contributed by atoms with E-state index in [4.69, 9.17) is 9.15 Å². The van der Waals surface area contributed by atoms with Crippen molar-refractivity contribution >= 4 is 54.3 Å². The summed E-state index contributed by atoms with van der Waals surface area (Å²) in [5.41, 5.74) is 11.7. The number of allylic oxidation sites excluding steroid dienone is 4. The molecular formula is C54H34O2. The SMILES string of the molecule is C1=CC(c2cccc(-c3c4ccccc4c(-c4ccc(-c5cccc6oc7ccccc7c56)cc4)c4ccccc34)c2)[C@@H]2C(=C1)Oc1cc3ccccc3cc12. The van der Waals surface area contributed by atoms with Crippen molar-refractivity contribution in [3.05, 3.63) is 211 Å². The summed E-state index contributed by atoms with van der Waals surface area (Å²) in [5.74, 6) is 2.28. The summed E-state index contributed by atoms with van der Waals surface area (Å²) in [6.45, 7) is 0. The molecule has 2 heterocycles. The monoisotopic (exact) mass is 714 g/mol. The molecule has 1 aliphatic heterocycles. The second kappa shape index (κ2) is 12.2. The van der Waals surface area contributed by atoms with Crippen LogP contribution in [0.3, 0.4) is 0 Å². The quantitative estimate of drug-likeness (QED) is 0.169. The van der Waals surface area contributed by atoms with E-state index < -0.39 is 0 Å². The summed E-state index contributed by atoms with van der Waals surface area (Å²) >= 11 is 0. The summed E-state index contributed by atoms with van der Waals surface area (Å²) in [4.78, 5) is 0. The number of fused-ring (bicyclic) bond motifs is 9. The molecule has 2 heteroatoms. The van der Waals surface area contributed by atoms with Gasteiger partial charge in [0, 0.05) is 22.3 Å². The molecule has 9 aromatic carbocycles. The van der Waals surface area contributed by atoms with E-state index in [1.165, 1.54) is 76.8 Å². The van der Waals surface area contributed by atoms with Crippen molar-refractivity contribution in [1.29, 1.82) is 0 Å². The Labute approximate surface area is 324 Å². The van der Waals surface area contributed by atoms with Crippen molar-refractivity contribution in [2.45, 2.75) is 11.8 Å². The highest BCUT2D eigenvalue weighted by molar-refractivity contribution is 6.21. The minimum Gasteiger partial charge on any atom is -0.461 e. The zero-order valence-corrected chi connectivity index (χ0v) is 30.4. The highest BCUT2D eigenvalue weighted by Gasteiger charge is 2.37. The Morgan fingerprint density at radius 1 is 0.446 bits per heavy atom. The minimum absolute atomic E-state index is 0.132. The molecule has 0 amide bonds. The number of hydrogen-bond acceptors (Lipinski definition) is 2. The summed E-state index contributed by atoms with van der Waals surface area (Å²) in [6.07, 6.45) is 6.65. The molecule has 1 unspecified atom stereocenters. The molecule has 262 valence electrons. The van der Waals surface area contributed by atoms with Gasteiger partial charge in [-0.3, -0.25) is 0 Å². The standard InChI is InChI=1S/C54H34O2/c1-2-13-36-32-50-46(31-35(36)12-1)54-40(22-11-25-49(54)56-50)37-14-9-15-38(30-37)52-43-18-5-3-16-41(43)51(42-17-4-6-19-44(42)52)34-28-26-33(27-29-34)39-21-10-24-48-53(39)45-20-7-8-23-47(45)55-48/h1-32,40,54H/t40?,54-/m0/s1. The van der Waals surface area contributed by atoms with Crippen molar-refractivity contribution in [2.75, 3.05) is 0 Å². The van der Waals surface area contributed by atoms with E-state index in [2.05, 4.69) is 182 Å². The lowest BCUT2D eigenvalue weighted by Crippen LogP contribution is -2.12. The van der Waals surface area contributed by atoms with E-state index in [0.717, 1.165) is 33.4 Å². The number of para-hydroxylation sites is 1. The van der Waals surface area contributed by atoms with Crippen LogP contribution in [0, 0.1) is 0 Å². The van der Waals surface area contributed by atoms with E-state index in [1.54, 1.807) is 0 Å². The van der Waals surface area contributed by atoms with Gasteiger partial charge in [-0.15, -0.1) is 0 Å². The average molecular weight is 715 g/mol.